The molecule has 0 aromatic heterocycles. The zero-order valence-electron chi connectivity index (χ0n) is 25.9. The van der Waals surface area contributed by atoms with Crippen molar-refractivity contribution in [3.63, 3.8) is 0 Å². The predicted molar refractivity (Wildman–Crippen MR) is 180 cm³/mol. The zero-order valence-corrected chi connectivity index (χ0v) is 30.1. The molecular formula is C27H27CuN5O15S4. The van der Waals surface area contributed by atoms with Crippen LogP contribution < -0.4 is 16.0 Å². The number of sulfone groups is 1. The van der Waals surface area contributed by atoms with E-state index in [0.717, 1.165) is 10.8 Å². The average molecular weight is 853 g/mol. The molecule has 0 saturated heterocycles. The van der Waals surface area contributed by atoms with E-state index in [1.807, 2.05) is 30.3 Å². The first-order chi connectivity index (χ1) is 23.9. The van der Waals surface area contributed by atoms with Crippen molar-refractivity contribution in [2.75, 3.05) is 35.3 Å². The Morgan fingerprint density at radius 1 is 0.731 bits per heavy atom. The molecule has 0 bridgehead atoms. The van der Waals surface area contributed by atoms with Gasteiger partial charge < -0.3 is 26.2 Å². The van der Waals surface area contributed by atoms with Crippen LogP contribution in [0, 0.1) is 0 Å². The summed E-state index contributed by atoms with van der Waals surface area (Å²) in [6, 6.07) is 21.4. The van der Waals surface area contributed by atoms with E-state index in [0.29, 0.717) is 17.1 Å². The van der Waals surface area contributed by atoms with Crippen LogP contribution in [0.1, 0.15) is 0 Å². The van der Waals surface area contributed by atoms with Gasteiger partial charge >= 0.3 is 37.6 Å². The third-order valence-corrected chi connectivity index (χ3v) is 8.00. The molecule has 0 spiro atoms. The van der Waals surface area contributed by atoms with Crippen molar-refractivity contribution in [3.8, 4) is 11.5 Å². The number of aromatic hydroxyl groups is 2. The van der Waals surface area contributed by atoms with Gasteiger partial charge in [-0.1, -0.05) is 48.5 Å². The fourth-order valence-electron chi connectivity index (χ4n) is 3.86. The number of carbonyl (C=O) groups excluding carboxylic acids is 1. The Morgan fingerprint density at radius 2 is 1.33 bits per heavy atom. The number of anilines is 3. The summed E-state index contributed by atoms with van der Waals surface area (Å²) in [7, 11) is -14.8. The molecule has 0 aliphatic rings. The molecule has 52 heavy (non-hydrogen) atoms. The normalized spacial score (nSPS) is 10.8. The second-order valence-corrected chi connectivity index (χ2v) is 13.6. The van der Waals surface area contributed by atoms with Crippen molar-refractivity contribution in [3.05, 3.63) is 78.9 Å². The minimum Gasteiger partial charge on any atom is -0.506 e. The van der Waals surface area contributed by atoms with E-state index in [-0.39, 0.29) is 40.7 Å². The molecule has 0 aliphatic heterocycles. The quantitative estimate of drug-likeness (QED) is 0.0516. The van der Waals surface area contributed by atoms with Crippen LogP contribution in [0.2, 0.25) is 0 Å². The van der Waals surface area contributed by atoms with Gasteiger partial charge in [-0.3, -0.25) is 4.55 Å². The molecule has 0 heterocycles. The molecule has 25 heteroatoms. The number of fused-ring (bicyclic) bond motifs is 1. The van der Waals surface area contributed by atoms with Crippen LogP contribution in [0.3, 0.4) is 0 Å². The summed E-state index contributed by atoms with van der Waals surface area (Å²) in [6.45, 7) is -1.10. The third kappa shape index (κ3) is 16.8. The third-order valence-electron chi connectivity index (χ3n) is 5.92. The number of nitrogens with zero attached hydrogens (tertiary/aromatic N) is 2. The second kappa shape index (κ2) is 21.4. The Balaban J connectivity index is 0.00000136. The Bertz CT molecular complexity index is 2300. The van der Waals surface area contributed by atoms with E-state index in [1.54, 1.807) is 30.3 Å². The summed E-state index contributed by atoms with van der Waals surface area (Å²) in [6.07, 6.45) is 0. The summed E-state index contributed by atoms with van der Waals surface area (Å²) in [5.41, 5.74) is 1.43. The number of urea groups is 1. The molecule has 4 rings (SSSR count). The van der Waals surface area contributed by atoms with Gasteiger partial charge in [-0.2, -0.15) is 8.42 Å². The Labute approximate surface area is 309 Å². The molecule has 6 N–H and O–H groups in total. The van der Waals surface area contributed by atoms with Gasteiger partial charge in [0.05, 0.1) is 35.2 Å². The van der Waals surface area contributed by atoms with E-state index in [2.05, 4.69) is 30.4 Å². The van der Waals surface area contributed by atoms with Crippen LogP contribution in [-0.4, -0.2) is 87.5 Å². The Morgan fingerprint density at radius 3 is 1.96 bits per heavy atom. The molecule has 4 aromatic rings. The maximum absolute atomic E-state index is 12.3. The number of benzene rings is 4. The van der Waals surface area contributed by atoms with Crippen molar-refractivity contribution in [2.24, 2.45) is 10.2 Å². The van der Waals surface area contributed by atoms with E-state index in [9.17, 15) is 31.8 Å². The number of para-hydroxylation sites is 3. The molecule has 0 saturated carbocycles. The number of carbonyl (C=O) groups is 1. The van der Waals surface area contributed by atoms with Gasteiger partial charge in [0, 0.05) is 29.0 Å². The van der Waals surface area contributed by atoms with Crippen molar-refractivity contribution >= 4 is 86.7 Å². The number of phenolic OH excluding ortho intramolecular Hbond substituents is 2. The number of phenols is 2. The van der Waals surface area contributed by atoms with E-state index in [4.69, 9.17) is 29.8 Å². The standard InChI is InChI=1S/C27H27N5O9S2.Cu.2O3S/c33-24-11-4-3-8-20(24)29-21-13-12-18-6-1-2-7-19(18)25(21)32-31-23-10-5-9-22(26(23)34)30-27(35)28-14-16-42(36,37)17-15-41-43(38,39)40;;2*1-4(2)3/h1-13,29,33-34H,14-17H2,(H2,28,30,35)(H,38,39,40);;;. The summed E-state index contributed by atoms with van der Waals surface area (Å²) in [5, 5.41) is 39.1. The fraction of sp³-hybridized carbons (Fsp3) is 0.148. The molecule has 1 radical (unpaired) electrons. The van der Waals surface area contributed by atoms with Gasteiger partial charge in [0.2, 0.25) is 0 Å². The van der Waals surface area contributed by atoms with Crippen LogP contribution in [0.15, 0.2) is 89.1 Å². The maximum Gasteiger partial charge on any atom is 0.425 e. The smallest absolute Gasteiger partial charge is 0.425 e. The van der Waals surface area contributed by atoms with Crippen molar-refractivity contribution < 1.29 is 82.9 Å². The summed E-state index contributed by atoms with van der Waals surface area (Å²) in [5.74, 6) is -1.58. The fourth-order valence-corrected chi connectivity index (χ4v) is 5.21. The Kier molecular flexibility index (Phi) is 18.5. The number of azo groups is 1. The number of amides is 2. The van der Waals surface area contributed by atoms with E-state index >= 15 is 0 Å². The van der Waals surface area contributed by atoms with Crippen molar-refractivity contribution in [1.82, 2.24) is 5.32 Å². The Hall–Kier alpha value is -5.01. The molecule has 20 nitrogen and oxygen atoms in total. The number of hydrogen-bond acceptors (Lipinski definition) is 17. The first kappa shape index (κ1) is 45.0. The summed E-state index contributed by atoms with van der Waals surface area (Å²) in [4.78, 5) is 12.3. The van der Waals surface area contributed by atoms with E-state index in [1.165, 1.54) is 18.2 Å². The molecule has 0 unspecified atom stereocenters. The van der Waals surface area contributed by atoms with Gasteiger partial charge in [0.15, 0.2) is 15.6 Å². The molecular weight excluding hydrogens is 826 g/mol. The molecule has 0 fully saturated rings. The van der Waals surface area contributed by atoms with Gasteiger partial charge in [-0.15, -0.1) is 35.5 Å². The number of rotatable bonds is 12. The van der Waals surface area contributed by atoms with Crippen LogP contribution in [0.5, 0.6) is 11.5 Å². The number of nitrogens with one attached hydrogen (secondary N) is 3. The first-order valence-electron chi connectivity index (χ1n) is 13.6. The van der Waals surface area contributed by atoms with Crippen molar-refractivity contribution in [1.29, 1.82) is 0 Å². The molecule has 2 amide bonds. The molecule has 4 aromatic carbocycles. The maximum atomic E-state index is 12.3. The average Bonchev–Trinajstić information content (AvgIpc) is 3.01. The molecule has 0 atom stereocenters. The second-order valence-electron chi connectivity index (χ2n) is 9.39. The minimum absolute atomic E-state index is 0. The van der Waals surface area contributed by atoms with Gasteiger partial charge in [0.25, 0.3) is 0 Å². The van der Waals surface area contributed by atoms with Gasteiger partial charge in [-0.25, -0.2) is 17.4 Å². The zero-order chi connectivity index (χ0) is 38.2. The molecule has 285 valence electrons. The van der Waals surface area contributed by atoms with Crippen LogP contribution >= 0.6 is 0 Å². The monoisotopic (exact) mass is 852 g/mol. The summed E-state index contributed by atoms with van der Waals surface area (Å²) < 4.78 is 108. The largest absolute Gasteiger partial charge is 0.506 e. The minimum atomic E-state index is -4.76. The van der Waals surface area contributed by atoms with E-state index < -0.39 is 71.3 Å². The van der Waals surface area contributed by atoms with Gasteiger partial charge in [0.1, 0.15) is 17.1 Å². The van der Waals surface area contributed by atoms with Crippen LogP contribution in [0.25, 0.3) is 10.8 Å². The van der Waals surface area contributed by atoms with Crippen LogP contribution in [0.4, 0.5) is 33.2 Å². The first-order valence-corrected chi connectivity index (χ1v) is 18.8. The number of hydrogen-bond donors (Lipinski definition) is 6. The molecule has 0 aliphatic carbocycles. The SMILES string of the molecule is O=C(NCCS(=O)(=O)CCOS(=O)(=O)O)Nc1cccc(N=Nc2c(Nc3ccccc3O)ccc3ccccc23)c1O.O=S(=O)=O.O=S(=O)=O.[Cu]. The van der Waals surface area contributed by atoms with Crippen molar-refractivity contribution in [2.45, 2.75) is 0 Å². The predicted octanol–water partition coefficient (Wildman–Crippen LogP) is 2.76. The van der Waals surface area contributed by atoms with Crippen LogP contribution in [-0.2, 0) is 62.7 Å². The topological polar surface area (TPSA) is 318 Å². The summed E-state index contributed by atoms with van der Waals surface area (Å²) >= 11 is 0. The van der Waals surface area contributed by atoms with Gasteiger partial charge in [-0.05, 0) is 35.7 Å².